The van der Waals surface area contributed by atoms with Gasteiger partial charge in [-0.05, 0) is 36.6 Å². The number of aromatic nitrogens is 1. The molecule has 2 nitrogen and oxygen atoms in total. The van der Waals surface area contributed by atoms with E-state index >= 15 is 0 Å². The van der Waals surface area contributed by atoms with Crippen LogP contribution in [0.3, 0.4) is 0 Å². The zero-order valence-corrected chi connectivity index (χ0v) is 20.1. The van der Waals surface area contributed by atoms with Gasteiger partial charge in [-0.1, -0.05) is 44.2 Å². The third-order valence-corrected chi connectivity index (χ3v) is 6.55. The fourth-order valence-corrected chi connectivity index (χ4v) is 4.92. The maximum atomic E-state index is 2.49. The van der Waals surface area contributed by atoms with Gasteiger partial charge in [-0.25, -0.2) is 0 Å². The molecule has 0 amide bonds. The van der Waals surface area contributed by atoms with Crippen molar-refractivity contribution in [1.82, 2.24) is 0 Å². The molecule has 1 aliphatic heterocycles. The van der Waals surface area contributed by atoms with Crippen LogP contribution < -0.4 is 33.4 Å². The molecule has 2 heterocycles. The van der Waals surface area contributed by atoms with Crippen molar-refractivity contribution < 1.29 is 28.5 Å². The number of rotatable bonds is 6. The Kier molecular flexibility index (Phi) is 8.22. The predicted molar refractivity (Wildman–Crippen MR) is 113 cm³/mol. The quantitative estimate of drug-likeness (QED) is 0.451. The Morgan fingerprint density at radius 3 is 2.37 bits per heavy atom. The summed E-state index contributed by atoms with van der Waals surface area (Å²) in [5, 5.41) is 1.29. The minimum absolute atomic E-state index is 0. The largest absolute Gasteiger partial charge is 1.00 e. The summed E-state index contributed by atoms with van der Waals surface area (Å²) in [6.07, 6.45) is 6.16. The standard InChI is InChI=1S/C23H31N2S.HI/c1-6-10-19(7-2)16-25-17(3)13-20(14-18(25)4)15-23-24(5)21-11-8-9-12-22(21)26-23;/h8-9,11-15,19H,6-7,10,16H2,1-5H3;1H/q+1;/p-1. The Balaban J connectivity index is 0.00000261. The van der Waals surface area contributed by atoms with E-state index in [1.165, 1.54) is 51.8 Å². The van der Waals surface area contributed by atoms with Crippen LogP contribution in [0.5, 0.6) is 0 Å². The summed E-state index contributed by atoms with van der Waals surface area (Å²) in [5.41, 5.74) is 5.31. The monoisotopic (exact) mass is 494 g/mol. The first-order valence-corrected chi connectivity index (χ1v) is 10.6. The molecular formula is C23H31IN2S. The zero-order valence-electron chi connectivity index (χ0n) is 17.1. The summed E-state index contributed by atoms with van der Waals surface area (Å²) in [4.78, 5) is 3.63. The van der Waals surface area contributed by atoms with E-state index in [0.717, 1.165) is 12.5 Å². The van der Waals surface area contributed by atoms with E-state index in [1.807, 2.05) is 11.8 Å². The number of benzene rings is 1. The van der Waals surface area contributed by atoms with Gasteiger partial charge in [0.1, 0.15) is 0 Å². The van der Waals surface area contributed by atoms with E-state index in [9.17, 15) is 0 Å². The second-order valence-corrected chi connectivity index (χ2v) is 8.42. The van der Waals surface area contributed by atoms with Crippen LogP contribution in [-0.4, -0.2) is 7.05 Å². The highest BCUT2D eigenvalue weighted by Gasteiger charge is 2.22. The molecule has 1 atom stereocenters. The van der Waals surface area contributed by atoms with Gasteiger partial charge in [-0.15, -0.1) is 0 Å². The molecule has 0 fully saturated rings. The van der Waals surface area contributed by atoms with Gasteiger partial charge in [-0.2, -0.15) is 4.57 Å². The number of para-hydroxylation sites is 1. The van der Waals surface area contributed by atoms with Gasteiger partial charge in [0.05, 0.1) is 10.7 Å². The van der Waals surface area contributed by atoms with Crippen LogP contribution in [0.15, 0.2) is 46.3 Å². The highest BCUT2D eigenvalue weighted by molar-refractivity contribution is 8.03. The van der Waals surface area contributed by atoms with Crippen LogP contribution in [0.4, 0.5) is 5.69 Å². The number of anilines is 1. The molecular weight excluding hydrogens is 463 g/mol. The van der Waals surface area contributed by atoms with Gasteiger partial charge in [0.2, 0.25) is 0 Å². The van der Waals surface area contributed by atoms with Crippen LogP contribution in [0.1, 0.15) is 50.1 Å². The molecule has 0 spiro atoms. The van der Waals surface area contributed by atoms with Crippen LogP contribution >= 0.6 is 11.8 Å². The summed E-state index contributed by atoms with van der Waals surface area (Å²) in [5.74, 6) is 0.776. The number of hydrogen-bond acceptors (Lipinski definition) is 2. The normalized spacial score (nSPS) is 15.6. The number of aryl methyl sites for hydroxylation is 2. The van der Waals surface area contributed by atoms with E-state index in [2.05, 4.69) is 86.7 Å². The number of thioether (sulfide) groups is 1. The maximum Gasteiger partial charge on any atom is 0.179 e. The van der Waals surface area contributed by atoms with Gasteiger partial charge in [0.15, 0.2) is 17.9 Å². The van der Waals surface area contributed by atoms with Crippen molar-refractivity contribution >= 4 is 23.5 Å². The summed E-state index contributed by atoms with van der Waals surface area (Å²) in [7, 11) is 2.16. The molecule has 3 rings (SSSR count). The number of fused-ring (bicyclic) bond motifs is 1. The topological polar surface area (TPSA) is 7.12 Å². The van der Waals surface area contributed by atoms with E-state index in [-0.39, 0.29) is 24.0 Å². The van der Waals surface area contributed by atoms with E-state index in [4.69, 9.17) is 0 Å². The molecule has 27 heavy (non-hydrogen) atoms. The molecule has 0 saturated carbocycles. The lowest BCUT2D eigenvalue weighted by Crippen LogP contribution is -3.00. The molecule has 4 heteroatoms. The first-order chi connectivity index (χ1) is 12.5. The van der Waals surface area contributed by atoms with Crippen LogP contribution in [0.2, 0.25) is 0 Å². The van der Waals surface area contributed by atoms with Crippen molar-refractivity contribution in [1.29, 1.82) is 0 Å². The van der Waals surface area contributed by atoms with Crippen molar-refractivity contribution in [3.05, 3.63) is 58.4 Å². The third kappa shape index (κ3) is 5.08. The van der Waals surface area contributed by atoms with Crippen LogP contribution in [0.25, 0.3) is 6.08 Å². The van der Waals surface area contributed by atoms with Crippen LogP contribution in [0, 0.1) is 19.8 Å². The fraction of sp³-hybridized carbons (Fsp3) is 0.435. The Bertz CT molecular complexity index is 793. The molecule has 1 aliphatic rings. The second kappa shape index (κ2) is 9.97. The first-order valence-electron chi connectivity index (χ1n) is 9.76. The lowest BCUT2D eigenvalue weighted by Gasteiger charge is -2.15. The van der Waals surface area contributed by atoms with Gasteiger partial charge in [0, 0.05) is 43.8 Å². The molecule has 2 aromatic rings. The van der Waals surface area contributed by atoms with E-state index in [0.29, 0.717) is 0 Å². The van der Waals surface area contributed by atoms with Crippen molar-refractivity contribution in [2.24, 2.45) is 5.92 Å². The van der Waals surface area contributed by atoms with Gasteiger partial charge >= 0.3 is 0 Å². The molecule has 146 valence electrons. The van der Waals surface area contributed by atoms with E-state index in [1.54, 1.807) is 0 Å². The molecule has 1 aromatic carbocycles. The molecule has 1 unspecified atom stereocenters. The highest BCUT2D eigenvalue weighted by Crippen LogP contribution is 2.45. The average molecular weight is 494 g/mol. The number of pyridine rings is 1. The predicted octanol–water partition coefficient (Wildman–Crippen LogP) is 2.96. The minimum atomic E-state index is 0. The summed E-state index contributed by atoms with van der Waals surface area (Å²) >= 11 is 1.86. The van der Waals surface area contributed by atoms with Crippen molar-refractivity contribution in [3.8, 4) is 0 Å². The first kappa shape index (κ1) is 22.3. The number of hydrogen-bond donors (Lipinski definition) is 0. The molecule has 0 saturated heterocycles. The molecule has 0 bridgehead atoms. The minimum Gasteiger partial charge on any atom is -1.00 e. The Morgan fingerprint density at radius 1 is 1.11 bits per heavy atom. The molecule has 0 N–H and O–H groups in total. The zero-order chi connectivity index (χ0) is 18.7. The van der Waals surface area contributed by atoms with Crippen molar-refractivity contribution in [2.75, 3.05) is 11.9 Å². The molecule has 1 aromatic heterocycles. The molecule has 0 radical (unpaired) electrons. The number of nitrogens with zero attached hydrogens (tertiary/aromatic N) is 2. The van der Waals surface area contributed by atoms with E-state index < -0.39 is 0 Å². The smallest absolute Gasteiger partial charge is 0.179 e. The maximum absolute atomic E-state index is 2.49. The lowest BCUT2D eigenvalue weighted by atomic mass is 10.00. The fourth-order valence-electron chi connectivity index (χ4n) is 3.81. The Hall–Kier alpha value is -1.01. The Labute approximate surface area is 186 Å². The molecule has 0 aliphatic carbocycles. The van der Waals surface area contributed by atoms with Gasteiger partial charge < -0.3 is 28.9 Å². The summed E-state index contributed by atoms with van der Waals surface area (Å²) in [6, 6.07) is 13.3. The van der Waals surface area contributed by atoms with Gasteiger partial charge in [-0.3, -0.25) is 0 Å². The average Bonchev–Trinajstić information content (AvgIpc) is 2.93. The lowest BCUT2D eigenvalue weighted by molar-refractivity contribution is -0.714. The van der Waals surface area contributed by atoms with Gasteiger partial charge in [0.25, 0.3) is 0 Å². The Morgan fingerprint density at radius 2 is 1.78 bits per heavy atom. The highest BCUT2D eigenvalue weighted by atomic mass is 127. The number of halogens is 1. The summed E-state index contributed by atoms with van der Waals surface area (Å²) < 4.78 is 2.49. The van der Waals surface area contributed by atoms with Crippen LogP contribution in [-0.2, 0) is 6.54 Å². The second-order valence-electron chi connectivity index (χ2n) is 7.36. The van der Waals surface area contributed by atoms with Crippen molar-refractivity contribution in [2.45, 2.75) is 58.4 Å². The van der Waals surface area contributed by atoms with Crippen molar-refractivity contribution in [3.63, 3.8) is 0 Å². The SMILES string of the molecule is CCCC(CC)C[n+]1c(C)cc(/C=C2\Sc3ccccc3N2C)cc1C.[I-]. The third-order valence-electron chi connectivity index (χ3n) is 5.38. The summed E-state index contributed by atoms with van der Waals surface area (Å²) in [6.45, 7) is 10.2.